The number of hydrogen-bond donors (Lipinski definition) is 3. The summed E-state index contributed by atoms with van der Waals surface area (Å²) in [6.45, 7) is 5.52. The summed E-state index contributed by atoms with van der Waals surface area (Å²) in [7, 11) is 0. The number of alkyl carbamates (subject to hydrolysis) is 1. The Labute approximate surface area is 152 Å². The van der Waals surface area contributed by atoms with Gasteiger partial charge in [-0.15, -0.1) is 0 Å². The highest BCUT2D eigenvalue weighted by Gasteiger charge is 2.32. The van der Waals surface area contributed by atoms with Crippen LogP contribution in [0, 0.1) is 0 Å². The molecule has 0 aromatic heterocycles. The lowest BCUT2D eigenvalue weighted by Crippen LogP contribution is -2.33. The van der Waals surface area contributed by atoms with E-state index in [9.17, 15) is 9.90 Å². The maximum atomic E-state index is 11.9. The number of nitrogens with two attached hydrogens (primary N) is 1. The van der Waals surface area contributed by atoms with Gasteiger partial charge in [0.25, 0.3) is 0 Å². The third-order valence-corrected chi connectivity index (χ3v) is 3.92. The predicted molar refractivity (Wildman–Crippen MR) is 99.2 cm³/mol. The second kappa shape index (κ2) is 7.33. The largest absolute Gasteiger partial charge is 0.444 e. The van der Waals surface area contributed by atoms with E-state index in [0.717, 1.165) is 0 Å². The van der Waals surface area contributed by atoms with Gasteiger partial charge in [-0.05, 0) is 32.4 Å². The van der Waals surface area contributed by atoms with Gasteiger partial charge in [0.05, 0.1) is 0 Å². The first-order valence-corrected chi connectivity index (χ1v) is 8.30. The highest BCUT2D eigenvalue weighted by atomic mass is 35.5. The predicted octanol–water partition coefficient (Wildman–Crippen LogP) is 3.73. The van der Waals surface area contributed by atoms with E-state index in [4.69, 9.17) is 22.1 Å². The van der Waals surface area contributed by atoms with Gasteiger partial charge in [0, 0.05) is 23.4 Å². The molecule has 25 heavy (non-hydrogen) atoms. The highest BCUT2D eigenvalue weighted by Crippen LogP contribution is 2.38. The summed E-state index contributed by atoms with van der Waals surface area (Å²) in [4.78, 5) is 11.9. The minimum absolute atomic E-state index is 0.160. The van der Waals surface area contributed by atoms with Crippen LogP contribution in [-0.4, -0.2) is 16.8 Å². The number of halogens is 1. The summed E-state index contributed by atoms with van der Waals surface area (Å²) in [5, 5.41) is 11.8. The van der Waals surface area contributed by atoms with Gasteiger partial charge in [0.15, 0.2) is 5.06 Å². The molecule has 1 amide bonds. The van der Waals surface area contributed by atoms with Gasteiger partial charge in [-0.1, -0.05) is 54.1 Å². The van der Waals surface area contributed by atoms with Crippen molar-refractivity contribution in [2.24, 2.45) is 0 Å². The molecule has 6 heteroatoms. The molecule has 0 spiro atoms. The normalized spacial score (nSPS) is 13.8. The number of amides is 1. The minimum Gasteiger partial charge on any atom is -0.444 e. The number of ether oxygens (including phenoxy) is 1. The molecule has 0 radical (unpaired) electrons. The zero-order valence-electron chi connectivity index (χ0n) is 14.5. The molecule has 0 saturated heterocycles. The molecule has 2 aromatic carbocycles. The molecule has 0 aliphatic rings. The van der Waals surface area contributed by atoms with Gasteiger partial charge >= 0.3 is 6.09 Å². The molecule has 4 N–H and O–H groups in total. The maximum absolute atomic E-state index is 11.9. The number of aliphatic hydroxyl groups is 1. The van der Waals surface area contributed by atoms with Gasteiger partial charge < -0.3 is 20.9 Å². The molecule has 0 fully saturated rings. The van der Waals surface area contributed by atoms with E-state index in [1.54, 1.807) is 69.3 Å². The molecule has 134 valence electrons. The number of benzene rings is 2. The molecule has 2 rings (SSSR count). The Bertz CT molecular complexity index is 754. The number of para-hydroxylation sites is 1. The van der Waals surface area contributed by atoms with Crippen LogP contribution in [0.3, 0.4) is 0 Å². The van der Waals surface area contributed by atoms with Crippen LogP contribution >= 0.6 is 11.6 Å². The Kier molecular flexibility index (Phi) is 5.60. The lowest BCUT2D eigenvalue weighted by atomic mass is 9.95. The standard InChI is InChI=1S/C19H23ClN2O3/c1-18(2,3)25-17(23)22-12-13-8-4-5-9-14(13)19(20,24)15-10-6-7-11-16(15)21/h4-11,24H,12,21H2,1-3H3,(H,22,23). The summed E-state index contributed by atoms with van der Waals surface area (Å²) < 4.78 is 5.22. The van der Waals surface area contributed by atoms with Crippen molar-refractivity contribution >= 4 is 23.4 Å². The monoisotopic (exact) mass is 362 g/mol. The molecule has 0 bridgehead atoms. The number of nitrogens with one attached hydrogen (secondary N) is 1. The van der Waals surface area contributed by atoms with Crippen LogP contribution in [0.5, 0.6) is 0 Å². The lowest BCUT2D eigenvalue weighted by molar-refractivity contribution is 0.0522. The van der Waals surface area contributed by atoms with E-state index in [1.165, 1.54) is 0 Å². The molecule has 0 saturated carbocycles. The fourth-order valence-corrected chi connectivity index (χ4v) is 2.78. The molecule has 2 aromatic rings. The molecule has 5 nitrogen and oxygen atoms in total. The summed E-state index contributed by atoms with van der Waals surface area (Å²) in [5.41, 5.74) is 7.25. The van der Waals surface area contributed by atoms with Gasteiger partial charge in [0.1, 0.15) is 5.60 Å². The SMILES string of the molecule is CC(C)(C)OC(=O)NCc1ccccc1C(O)(Cl)c1ccccc1N. The summed E-state index contributed by atoms with van der Waals surface area (Å²) in [6, 6.07) is 13.9. The molecule has 1 atom stereocenters. The molecular formula is C19H23ClN2O3. The van der Waals surface area contributed by atoms with Crippen molar-refractivity contribution in [2.75, 3.05) is 5.73 Å². The van der Waals surface area contributed by atoms with Crippen molar-refractivity contribution in [3.8, 4) is 0 Å². The Hall–Kier alpha value is -2.24. The number of hydrogen-bond acceptors (Lipinski definition) is 4. The van der Waals surface area contributed by atoms with Gasteiger partial charge in [-0.2, -0.15) is 0 Å². The van der Waals surface area contributed by atoms with Crippen molar-refractivity contribution in [3.63, 3.8) is 0 Å². The first-order valence-electron chi connectivity index (χ1n) is 7.93. The fourth-order valence-electron chi connectivity index (χ4n) is 2.42. The quantitative estimate of drug-likeness (QED) is 0.571. The van der Waals surface area contributed by atoms with E-state index < -0.39 is 16.8 Å². The first-order chi connectivity index (χ1) is 11.6. The zero-order valence-corrected chi connectivity index (χ0v) is 15.3. The lowest BCUT2D eigenvalue weighted by Gasteiger charge is -2.26. The number of anilines is 1. The average Bonchev–Trinajstić information content (AvgIpc) is 2.52. The number of alkyl halides is 1. The molecule has 0 aliphatic carbocycles. The van der Waals surface area contributed by atoms with Gasteiger partial charge in [-0.3, -0.25) is 0 Å². The van der Waals surface area contributed by atoms with Gasteiger partial charge in [0.2, 0.25) is 0 Å². The van der Waals surface area contributed by atoms with Crippen LogP contribution in [-0.2, 0) is 16.3 Å². The number of nitrogen functional groups attached to an aromatic ring is 1. The molecule has 1 unspecified atom stereocenters. The smallest absolute Gasteiger partial charge is 0.407 e. The molecular weight excluding hydrogens is 340 g/mol. The first kappa shape index (κ1) is 19.1. The third kappa shape index (κ3) is 4.87. The van der Waals surface area contributed by atoms with Crippen LogP contribution < -0.4 is 11.1 Å². The minimum atomic E-state index is -1.81. The summed E-state index contributed by atoms with van der Waals surface area (Å²) in [5.74, 6) is 0. The topological polar surface area (TPSA) is 84.6 Å². The van der Waals surface area contributed by atoms with Crippen LogP contribution in [0.25, 0.3) is 0 Å². The zero-order chi connectivity index (χ0) is 18.7. The van der Waals surface area contributed by atoms with E-state index >= 15 is 0 Å². The van der Waals surface area contributed by atoms with Crippen LogP contribution in [0.2, 0.25) is 0 Å². The van der Waals surface area contributed by atoms with E-state index in [2.05, 4.69) is 5.32 Å². The van der Waals surface area contributed by atoms with Crippen molar-refractivity contribution < 1.29 is 14.6 Å². The maximum Gasteiger partial charge on any atom is 0.407 e. The fraction of sp³-hybridized carbons (Fsp3) is 0.316. The van der Waals surface area contributed by atoms with E-state index in [1.807, 2.05) is 0 Å². The second-order valence-electron chi connectivity index (χ2n) is 6.72. The Morgan fingerprint density at radius 1 is 1.12 bits per heavy atom. The number of carbonyl (C=O) groups excluding carboxylic acids is 1. The Morgan fingerprint density at radius 3 is 2.28 bits per heavy atom. The highest BCUT2D eigenvalue weighted by molar-refractivity contribution is 6.25. The average molecular weight is 363 g/mol. The van der Waals surface area contributed by atoms with Crippen LogP contribution in [0.4, 0.5) is 10.5 Å². The molecule has 0 aliphatic heterocycles. The number of rotatable bonds is 4. The van der Waals surface area contributed by atoms with Crippen LogP contribution in [0.15, 0.2) is 48.5 Å². The van der Waals surface area contributed by atoms with Crippen molar-refractivity contribution in [2.45, 2.75) is 38.0 Å². The van der Waals surface area contributed by atoms with Crippen molar-refractivity contribution in [1.82, 2.24) is 5.32 Å². The second-order valence-corrected chi connectivity index (χ2v) is 7.27. The molecule has 0 heterocycles. The summed E-state index contributed by atoms with van der Waals surface area (Å²) >= 11 is 6.45. The Balaban J connectivity index is 2.26. The van der Waals surface area contributed by atoms with E-state index in [0.29, 0.717) is 22.4 Å². The number of carbonyl (C=O) groups is 1. The van der Waals surface area contributed by atoms with Crippen molar-refractivity contribution in [1.29, 1.82) is 0 Å². The third-order valence-electron chi connectivity index (χ3n) is 3.51. The van der Waals surface area contributed by atoms with Crippen LogP contribution in [0.1, 0.15) is 37.5 Å². The van der Waals surface area contributed by atoms with Gasteiger partial charge in [-0.25, -0.2) is 4.79 Å². The Morgan fingerprint density at radius 2 is 1.68 bits per heavy atom. The van der Waals surface area contributed by atoms with E-state index in [-0.39, 0.29) is 6.54 Å². The summed E-state index contributed by atoms with van der Waals surface area (Å²) in [6.07, 6.45) is -0.542. The van der Waals surface area contributed by atoms with Crippen molar-refractivity contribution in [3.05, 3.63) is 65.2 Å².